The van der Waals surface area contributed by atoms with Gasteiger partial charge in [-0.1, -0.05) is 13.8 Å². The van der Waals surface area contributed by atoms with Crippen molar-refractivity contribution in [3.05, 3.63) is 18.0 Å². The van der Waals surface area contributed by atoms with Crippen molar-refractivity contribution in [2.45, 2.75) is 52.3 Å². The molecule has 2 atom stereocenters. The van der Waals surface area contributed by atoms with Crippen LogP contribution in [0.3, 0.4) is 0 Å². The summed E-state index contributed by atoms with van der Waals surface area (Å²) in [4.78, 5) is 11.8. The van der Waals surface area contributed by atoms with Crippen LogP contribution >= 0.6 is 0 Å². The Balaban J connectivity index is 2.14. The van der Waals surface area contributed by atoms with Gasteiger partial charge in [-0.05, 0) is 26.3 Å². The number of hydrogen-bond donors (Lipinski definition) is 1. The van der Waals surface area contributed by atoms with E-state index in [-0.39, 0.29) is 30.0 Å². The zero-order valence-corrected chi connectivity index (χ0v) is 12.1. The molecule has 0 aliphatic carbocycles. The van der Waals surface area contributed by atoms with Crippen LogP contribution in [0.2, 0.25) is 0 Å². The van der Waals surface area contributed by atoms with E-state index < -0.39 is 0 Å². The predicted octanol–water partition coefficient (Wildman–Crippen LogP) is 2.07. The summed E-state index contributed by atoms with van der Waals surface area (Å²) in [6.07, 6.45) is 2.55. The van der Waals surface area contributed by atoms with Crippen LogP contribution in [-0.2, 0) is 9.53 Å². The third kappa shape index (κ3) is 2.97. The molecule has 2 rings (SSSR count). The molecule has 0 aromatic carbocycles. The van der Waals surface area contributed by atoms with Gasteiger partial charge < -0.3 is 10.1 Å². The smallest absolute Gasteiger partial charge is 0.222 e. The van der Waals surface area contributed by atoms with Gasteiger partial charge in [0.15, 0.2) is 0 Å². The minimum absolute atomic E-state index is 0.00346. The van der Waals surface area contributed by atoms with Crippen molar-refractivity contribution in [3.63, 3.8) is 0 Å². The lowest BCUT2D eigenvalue weighted by molar-refractivity contribution is -0.125. The van der Waals surface area contributed by atoms with E-state index in [2.05, 4.69) is 24.3 Å². The SMILES string of the molecule is CC(C)C(=O)N[C@H]1CCO[C@@H]1c1ccnn1C(C)C. The van der Waals surface area contributed by atoms with E-state index in [4.69, 9.17) is 4.74 Å². The molecule has 2 heterocycles. The van der Waals surface area contributed by atoms with Gasteiger partial charge in [0.25, 0.3) is 0 Å². The fourth-order valence-electron chi connectivity index (χ4n) is 2.36. The summed E-state index contributed by atoms with van der Waals surface area (Å²) in [6, 6.07) is 2.31. The first kappa shape index (κ1) is 14.1. The van der Waals surface area contributed by atoms with Gasteiger partial charge in [0.2, 0.25) is 5.91 Å². The van der Waals surface area contributed by atoms with Crippen LogP contribution in [0.15, 0.2) is 12.3 Å². The van der Waals surface area contributed by atoms with Crippen molar-refractivity contribution < 1.29 is 9.53 Å². The van der Waals surface area contributed by atoms with E-state index in [1.54, 1.807) is 6.20 Å². The van der Waals surface area contributed by atoms with E-state index >= 15 is 0 Å². The number of carbonyl (C=O) groups excluding carboxylic acids is 1. The predicted molar refractivity (Wildman–Crippen MR) is 72.7 cm³/mol. The quantitative estimate of drug-likeness (QED) is 0.906. The van der Waals surface area contributed by atoms with Crippen LogP contribution in [0.5, 0.6) is 0 Å². The first-order chi connectivity index (χ1) is 9.00. The summed E-state index contributed by atoms with van der Waals surface area (Å²) in [5.41, 5.74) is 1.04. The summed E-state index contributed by atoms with van der Waals surface area (Å²) >= 11 is 0. The highest BCUT2D eigenvalue weighted by molar-refractivity contribution is 5.78. The lowest BCUT2D eigenvalue weighted by Gasteiger charge is -2.23. The molecule has 0 radical (unpaired) electrons. The summed E-state index contributed by atoms with van der Waals surface area (Å²) < 4.78 is 7.77. The Kier molecular flexibility index (Phi) is 4.24. The number of nitrogens with zero attached hydrogens (tertiary/aromatic N) is 2. The molecule has 1 amide bonds. The second-order valence-electron chi connectivity index (χ2n) is 5.64. The van der Waals surface area contributed by atoms with E-state index in [9.17, 15) is 4.79 Å². The maximum absolute atomic E-state index is 11.8. The fraction of sp³-hybridized carbons (Fsp3) is 0.714. The molecular formula is C14H23N3O2. The molecule has 1 aliphatic heterocycles. The maximum atomic E-state index is 11.8. The van der Waals surface area contributed by atoms with E-state index in [1.807, 2.05) is 24.6 Å². The normalized spacial score (nSPS) is 23.3. The minimum atomic E-state index is -0.0902. The lowest BCUT2D eigenvalue weighted by Crippen LogP contribution is -2.39. The molecule has 1 aromatic heterocycles. The molecule has 1 saturated heterocycles. The number of ether oxygens (including phenoxy) is 1. The fourth-order valence-corrected chi connectivity index (χ4v) is 2.36. The highest BCUT2D eigenvalue weighted by atomic mass is 16.5. The van der Waals surface area contributed by atoms with Crippen molar-refractivity contribution in [2.75, 3.05) is 6.61 Å². The second-order valence-corrected chi connectivity index (χ2v) is 5.64. The first-order valence-corrected chi connectivity index (χ1v) is 6.96. The van der Waals surface area contributed by atoms with Gasteiger partial charge in [-0.2, -0.15) is 5.10 Å². The molecule has 1 fully saturated rings. The second kappa shape index (κ2) is 5.74. The first-order valence-electron chi connectivity index (χ1n) is 6.96. The van der Waals surface area contributed by atoms with Gasteiger partial charge in [0.05, 0.1) is 11.7 Å². The van der Waals surface area contributed by atoms with Crippen LogP contribution in [0, 0.1) is 5.92 Å². The topological polar surface area (TPSA) is 56.1 Å². The van der Waals surface area contributed by atoms with Crippen molar-refractivity contribution in [1.82, 2.24) is 15.1 Å². The van der Waals surface area contributed by atoms with Gasteiger partial charge in [-0.25, -0.2) is 0 Å². The van der Waals surface area contributed by atoms with Gasteiger partial charge >= 0.3 is 0 Å². The third-order valence-electron chi connectivity index (χ3n) is 3.43. The zero-order valence-electron chi connectivity index (χ0n) is 12.1. The van der Waals surface area contributed by atoms with Crippen LogP contribution in [0.4, 0.5) is 0 Å². The Labute approximate surface area is 114 Å². The molecular weight excluding hydrogens is 242 g/mol. The van der Waals surface area contributed by atoms with Crippen LogP contribution < -0.4 is 5.32 Å². The van der Waals surface area contributed by atoms with Crippen LogP contribution in [0.25, 0.3) is 0 Å². The molecule has 0 spiro atoms. The largest absolute Gasteiger partial charge is 0.370 e. The van der Waals surface area contributed by atoms with E-state index in [1.165, 1.54) is 0 Å². The lowest BCUT2D eigenvalue weighted by atomic mass is 10.1. The Morgan fingerprint density at radius 2 is 2.21 bits per heavy atom. The highest BCUT2D eigenvalue weighted by Crippen LogP contribution is 2.30. The summed E-state index contributed by atoms with van der Waals surface area (Å²) in [5, 5.41) is 7.41. The monoisotopic (exact) mass is 265 g/mol. The Morgan fingerprint density at radius 3 is 2.84 bits per heavy atom. The molecule has 1 aliphatic rings. The van der Waals surface area contributed by atoms with Crippen molar-refractivity contribution >= 4 is 5.91 Å². The molecule has 19 heavy (non-hydrogen) atoms. The van der Waals surface area contributed by atoms with Gasteiger partial charge in [-0.3, -0.25) is 9.48 Å². The number of amides is 1. The number of carbonyl (C=O) groups is 1. The highest BCUT2D eigenvalue weighted by Gasteiger charge is 2.33. The Bertz CT molecular complexity index is 440. The number of nitrogens with one attached hydrogen (secondary N) is 1. The molecule has 5 heteroatoms. The number of rotatable bonds is 4. The van der Waals surface area contributed by atoms with Crippen LogP contribution in [0.1, 0.15) is 52.0 Å². The average Bonchev–Trinajstić information content (AvgIpc) is 2.95. The standard InChI is InChI=1S/C14H23N3O2/c1-9(2)14(18)16-11-6-8-19-13(11)12-5-7-15-17(12)10(3)4/h5,7,9-11,13H,6,8H2,1-4H3,(H,16,18)/t11-,13-/m0/s1. The van der Waals surface area contributed by atoms with Crippen molar-refractivity contribution in [1.29, 1.82) is 0 Å². The molecule has 5 nitrogen and oxygen atoms in total. The summed E-state index contributed by atoms with van der Waals surface area (Å²) in [6.45, 7) is 8.66. The van der Waals surface area contributed by atoms with E-state index in [0.29, 0.717) is 6.61 Å². The van der Waals surface area contributed by atoms with E-state index in [0.717, 1.165) is 12.1 Å². The van der Waals surface area contributed by atoms with Gasteiger partial charge in [0.1, 0.15) is 6.10 Å². The van der Waals surface area contributed by atoms with Crippen LogP contribution in [-0.4, -0.2) is 28.3 Å². The van der Waals surface area contributed by atoms with Crippen molar-refractivity contribution in [3.8, 4) is 0 Å². The van der Waals surface area contributed by atoms with Crippen molar-refractivity contribution in [2.24, 2.45) is 5.92 Å². The molecule has 0 unspecified atom stereocenters. The van der Waals surface area contributed by atoms with Gasteiger partial charge in [-0.15, -0.1) is 0 Å². The Hall–Kier alpha value is -1.36. The van der Waals surface area contributed by atoms with Gasteiger partial charge in [0, 0.05) is 24.8 Å². The third-order valence-corrected chi connectivity index (χ3v) is 3.43. The minimum Gasteiger partial charge on any atom is -0.370 e. The maximum Gasteiger partial charge on any atom is 0.222 e. The summed E-state index contributed by atoms with van der Waals surface area (Å²) in [7, 11) is 0. The zero-order chi connectivity index (χ0) is 14.0. The molecule has 0 bridgehead atoms. The average molecular weight is 265 g/mol. The molecule has 1 N–H and O–H groups in total. The number of aromatic nitrogens is 2. The molecule has 106 valence electrons. The Morgan fingerprint density at radius 1 is 1.47 bits per heavy atom. The number of hydrogen-bond acceptors (Lipinski definition) is 3. The molecule has 0 saturated carbocycles. The summed E-state index contributed by atoms with van der Waals surface area (Å²) in [5.74, 6) is 0.0763. The molecule has 1 aromatic rings.